The molecule has 2 heterocycles. The van der Waals surface area contributed by atoms with E-state index in [0.717, 1.165) is 33.3 Å². The summed E-state index contributed by atoms with van der Waals surface area (Å²) in [6.45, 7) is 0. The predicted octanol–water partition coefficient (Wildman–Crippen LogP) is 8.23. The molecule has 1 atom stereocenters. The van der Waals surface area contributed by atoms with Crippen LogP contribution in [0.5, 0.6) is 0 Å². The van der Waals surface area contributed by atoms with Gasteiger partial charge in [0.25, 0.3) is 0 Å². The van der Waals surface area contributed by atoms with Gasteiger partial charge in [0.1, 0.15) is 0 Å². The minimum absolute atomic E-state index is 0.744. The summed E-state index contributed by atoms with van der Waals surface area (Å²) in [5, 5.41) is 6.15. The molecule has 0 saturated carbocycles. The number of benzene rings is 6. The highest BCUT2D eigenvalue weighted by Gasteiger charge is 2.49. The Bertz CT molecular complexity index is 2080. The van der Waals surface area contributed by atoms with Crippen LogP contribution in [0.25, 0.3) is 22.4 Å². The zero-order chi connectivity index (χ0) is 30.2. The lowest BCUT2D eigenvalue weighted by atomic mass is 10.0. The number of nitrogens with zero attached hydrogens (tertiary/aromatic N) is 2. The van der Waals surface area contributed by atoms with Gasteiger partial charge >= 0.3 is 0 Å². The van der Waals surface area contributed by atoms with Crippen LogP contribution >= 0.6 is 11.6 Å². The number of aromatic nitrogens is 1. The lowest BCUT2D eigenvalue weighted by Crippen LogP contribution is -2.72. The first-order valence-corrected chi connectivity index (χ1v) is 17.5. The fraction of sp³-hybridized carbons (Fsp3) is 0. The molecule has 0 amide bonds. The first-order valence-electron chi connectivity index (χ1n) is 15.2. The van der Waals surface area contributed by atoms with E-state index in [1.165, 1.54) is 31.9 Å². The molecule has 214 valence electrons. The van der Waals surface area contributed by atoms with Gasteiger partial charge in [-0.15, -0.1) is 0 Å². The van der Waals surface area contributed by atoms with Gasteiger partial charge in [0.15, 0.2) is 8.07 Å². The minimum Gasteiger partial charge on any atom is -0.310 e. The van der Waals surface area contributed by atoms with Gasteiger partial charge in [-0.1, -0.05) is 121 Å². The highest BCUT2D eigenvalue weighted by Crippen LogP contribution is 2.38. The van der Waals surface area contributed by atoms with E-state index in [1.54, 1.807) is 0 Å². The normalized spacial score (nSPS) is 14.9. The van der Waals surface area contributed by atoms with Crippen LogP contribution in [0.4, 0.5) is 17.1 Å². The Hall–Kier alpha value is -5.22. The van der Waals surface area contributed by atoms with Gasteiger partial charge < -0.3 is 4.90 Å². The molecule has 2 nitrogen and oxygen atoms in total. The zero-order valence-corrected chi connectivity index (χ0v) is 26.3. The van der Waals surface area contributed by atoms with E-state index in [1.807, 2.05) is 18.3 Å². The Morgan fingerprint density at radius 2 is 1.07 bits per heavy atom. The van der Waals surface area contributed by atoms with Crippen LogP contribution in [0.1, 0.15) is 0 Å². The molecule has 1 aliphatic heterocycles. The number of fused-ring (bicyclic) bond motifs is 3. The molecule has 45 heavy (non-hydrogen) atoms. The molecule has 1 aliphatic rings. The van der Waals surface area contributed by atoms with E-state index < -0.39 is 8.07 Å². The molecule has 0 aliphatic carbocycles. The van der Waals surface area contributed by atoms with Gasteiger partial charge in [0, 0.05) is 33.8 Å². The number of hydrogen-bond acceptors (Lipinski definition) is 2. The van der Waals surface area contributed by atoms with Gasteiger partial charge in [-0.25, -0.2) is 0 Å². The van der Waals surface area contributed by atoms with Crippen LogP contribution in [0.2, 0.25) is 5.02 Å². The molecule has 6 aromatic carbocycles. The SMILES string of the molecule is Clc1ccc2c(c1)-c1cc(N(c3ccccc3)c3ccccc3)ccc1[Si]2(c1ccccc1)c1cccc(-c2ccccn2)c1. The second kappa shape index (κ2) is 11.4. The van der Waals surface area contributed by atoms with Crippen LogP contribution in [0.3, 0.4) is 0 Å². The number of para-hydroxylation sites is 2. The molecule has 4 heteroatoms. The zero-order valence-electron chi connectivity index (χ0n) is 24.5. The third kappa shape index (κ3) is 4.60. The van der Waals surface area contributed by atoms with Crippen molar-refractivity contribution >= 4 is 57.5 Å². The molecular formula is C41H29ClN2Si. The molecule has 0 bridgehead atoms. The summed E-state index contributed by atoms with van der Waals surface area (Å²) in [6, 6.07) is 60.9. The maximum atomic E-state index is 6.77. The molecule has 1 aromatic heterocycles. The van der Waals surface area contributed by atoms with Crippen LogP contribution in [-0.4, -0.2) is 13.1 Å². The van der Waals surface area contributed by atoms with Crippen molar-refractivity contribution in [1.82, 2.24) is 4.98 Å². The van der Waals surface area contributed by atoms with E-state index in [2.05, 4.69) is 163 Å². The van der Waals surface area contributed by atoms with Crippen molar-refractivity contribution < 1.29 is 0 Å². The lowest BCUT2D eigenvalue weighted by molar-refractivity contribution is 1.29. The van der Waals surface area contributed by atoms with Crippen molar-refractivity contribution in [3.8, 4) is 22.4 Å². The third-order valence-corrected chi connectivity index (χ3v) is 13.9. The van der Waals surface area contributed by atoms with Crippen molar-refractivity contribution in [2.24, 2.45) is 0 Å². The lowest BCUT2D eigenvalue weighted by Gasteiger charge is -2.32. The van der Waals surface area contributed by atoms with Crippen molar-refractivity contribution in [3.05, 3.63) is 181 Å². The number of halogens is 1. The Kier molecular flexibility index (Phi) is 6.90. The van der Waals surface area contributed by atoms with E-state index in [4.69, 9.17) is 16.6 Å². The van der Waals surface area contributed by atoms with Crippen molar-refractivity contribution in [3.63, 3.8) is 0 Å². The van der Waals surface area contributed by atoms with E-state index >= 15 is 0 Å². The first-order chi connectivity index (χ1) is 22.2. The maximum absolute atomic E-state index is 6.77. The van der Waals surface area contributed by atoms with Gasteiger partial charge in [0.05, 0.1) is 5.69 Å². The van der Waals surface area contributed by atoms with Crippen molar-refractivity contribution in [1.29, 1.82) is 0 Å². The largest absolute Gasteiger partial charge is 0.310 e. The summed E-state index contributed by atoms with van der Waals surface area (Å²) in [5.74, 6) is 0. The van der Waals surface area contributed by atoms with E-state index in [9.17, 15) is 0 Å². The maximum Gasteiger partial charge on any atom is 0.180 e. The molecule has 0 N–H and O–H groups in total. The Morgan fingerprint density at radius 1 is 0.467 bits per heavy atom. The second-order valence-electron chi connectivity index (χ2n) is 11.3. The van der Waals surface area contributed by atoms with Crippen molar-refractivity contribution in [2.45, 2.75) is 0 Å². The summed E-state index contributed by atoms with van der Waals surface area (Å²) in [5.41, 5.74) is 7.88. The van der Waals surface area contributed by atoms with Crippen molar-refractivity contribution in [2.75, 3.05) is 4.90 Å². The van der Waals surface area contributed by atoms with E-state index in [-0.39, 0.29) is 0 Å². The average Bonchev–Trinajstić information content (AvgIpc) is 3.40. The fourth-order valence-electron chi connectivity index (χ4n) is 6.96. The van der Waals surface area contributed by atoms with Gasteiger partial charge in [-0.05, 0) is 92.5 Å². The van der Waals surface area contributed by atoms with Gasteiger partial charge in [0.2, 0.25) is 0 Å². The van der Waals surface area contributed by atoms with Gasteiger partial charge in [-0.2, -0.15) is 0 Å². The Morgan fingerprint density at radius 3 is 1.73 bits per heavy atom. The summed E-state index contributed by atoms with van der Waals surface area (Å²) in [4.78, 5) is 7.02. The predicted molar refractivity (Wildman–Crippen MR) is 192 cm³/mol. The minimum atomic E-state index is -2.73. The quantitative estimate of drug-likeness (QED) is 0.176. The molecule has 0 spiro atoms. The average molecular weight is 613 g/mol. The molecule has 1 unspecified atom stereocenters. The topological polar surface area (TPSA) is 16.1 Å². The second-order valence-corrected chi connectivity index (χ2v) is 15.5. The smallest absolute Gasteiger partial charge is 0.180 e. The molecule has 8 rings (SSSR count). The number of hydrogen-bond donors (Lipinski definition) is 0. The highest BCUT2D eigenvalue weighted by atomic mass is 35.5. The monoisotopic (exact) mass is 612 g/mol. The third-order valence-electron chi connectivity index (χ3n) is 8.83. The van der Waals surface area contributed by atoms with Crippen LogP contribution in [0, 0.1) is 0 Å². The van der Waals surface area contributed by atoms with Crippen LogP contribution < -0.4 is 25.6 Å². The summed E-state index contributed by atoms with van der Waals surface area (Å²) in [6.07, 6.45) is 1.86. The Labute approximate surface area is 269 Å². The van der Waals surface area contributed by atoms with Crippen LogP contribution in [0.15, 0.2) is 176 Å². The summed E-state index contributed by atoms with van der Waals surface area (Å²) in [7, 11) is -2.73. The molecule has 0 radical (unpaired) electrons. The van der Waals surface area contributed by atoms with Crippen LogP contribution in [-0.2, 0) is 0 Å². The van der Waals surface area contributed by atoms with Gasteiger partial charge in [-0.3, -0.25) is 4.98 Å². The Balaban J connectivity index is 1.41. The van der Waals surface area contributed by atoms with E-state index in [0.29, 0.717) is 0 Å². The number of pyridine rings is 1. The molecule has 0 saturated heterocycles. The standard InChI is InChI=1S/C41H29ClN2Si/c42-31-22-24-40-37(28-31)38-29-34(44(32-14-4-1-5-15-32)33-16-6-2-7-17-33)23-25-41(38)45(40,35-18-8-3-9-19-35)36-20-12-13-30(27-36)39-21-10-11-26-43-39/h1-29H. The number of anilines is 3. The summed E-state index contributed by atoms with van der Waals surface area (Å²) >= 11 is 6.77. The highest BCUT2D eigenvalue weighted by molar-refractivity contribution is 7.22. The number of rotatable bonds is 6. The first kappa shape index (κ1) is 27.3. The molecule has 7 aromatic rings. The fourth-order valence-corrected chi connectivity index (χ4v) is 12.3. The molecular weight excluding hydrogens is 584 g/mol. The summed E-state index contributed by atoms with van der Waals surface area (Å²) < 4.78 is 0. The molecule has 0 fully saturated rings.